The summed E-state index contributed by atoms with van der Waals surface area (Å²) in [7, 11) is 1.82. The third-order valence-corrected chi connectivity index (χ3v) is 5.63. The molecule has 0 spiro atoms. The molecule has 0 saturated heterocycles. The molecule has 1 atom stereocenters. The molecule has 0 aliphatic rings. The van der Waals surface area contributed by atoms with Gasteiger partial charge in [0, 0.05) is 44.4 Å². The summed E-state index contributed by atoms with van der Waals surface area (Å²) in [6, 6.07) is 16.2. The number of unbranched alkanes of at least 4 members (excludes halogenated alkanes) is 1. The topological polar surface area (TPSA) is 59.8 Å². The van der Waals surface area contributed by atoms with Gasteiger partial charge in [-0.15, -0.1) is 0 Å². The zero-order valence-corrected chi connectivity index (χ0v) is 20.6. The first-order valence-corrected chi connectivity index (χ1v) is 11.9. The molecule has 0 radical (unpaired) electrons. The molecule has 7 heteroatoms. The number of rotatable bonds is 13. The number of benzene rings is 2. The van der Waals surface area contributed by atoms with E-state index in [2.05, 4.69) is 25.7 Å². The van der Waals surface area contributed by atoms with Gasteiger partial charge in [-0.2, -0.15) is 5.10 Å². The van der Waals surface area contributed by atoms with Crippen molar-refractivity contribution in [3.05, 3.63) is 66.0 Å². The molecular weight excluding hydrogens is 433 g/mol. The van der Waals surface area contributed by atoms with E-state index in [0.29, 0.717) is 37.9 Å². The molecule has 0 unspecified atom stereocenters. The summed E-state index contributed by atoms with van der Waals surface area (Å²) in [6.07, 6.45) is 1.44. The maximum atomic E-state index is 13.8. The highest BCUT2D eigenvalue weighted by atomic mass is 19.1. The SMILES string of the molecule is CCCCOC[C@@H](O)CN(Cc1c(-c2ccccc2)nn(C)c1Oc1cccc(F)c1)C(C)C. The summed E-state index contributed by atoms with van der Waals surface area (Å²) in [6.45, 7) is 8.21. The van der Waals surface area contributed by atoms with Gasteiger partial charge in [0.2, 0.25) is 5.88 Å². The van der Waals surface area contributed by atoms with Crippen LogP contribution in [0.2, 0.25) is 0 Å². The van der Waals surface area contributed by atoms with E-state index < -0.39 is 6.10 Å². The number of halogens is 1. The van der Waals surface area contributed by atoms with Gasteiger partial charge >= 0.3 is 0 Å². The molecule has 184 valence electrons. The van der Waals surface area contributed by atoms with Crippen LogP contribution in [0.3, 0.4) is 0 Å². The standard InChI is InChI=1S/C27H36FN3O3/c1-5-6-15-33-19-23(32)17-31(20(2)3)18-25-26(21-11-8-7-9-12-21)29-30(4)27(25)34-24-14-10-13-22(28)16-24/h7-14,16,20,23,32H,5-6,15,17-19H2,1-4H3/t23-/m0/s1. The summed E-state index contributed by atoms with van der Waals surface area (Å²) in [5.41, 5.74) is 2.65. The Morgan fingerprint density at radius 1 is 1.12 bits per heavy atom. The van der Waals surface area contributed by atoms with E-state index >= 15 is 0 Å². The van der Waals surface area contributed by atoms with Crippen LogP contribution in [-0.4, -0.2) is 51.7 Å². The molecule has 0 aliphatic heterocycles. The van der Waals surface area contributed by atoms with Gasteiger partial charge in [0.25, 0.3) is 0 Å². The van der Waals surface area contributed by atoms with E-state index in [-0.39, 0.29) is 11.9 Å². The number of aliphatic hydroxyl groups excluding tert-OH is 1. The van der Waals surface area contributed by atoms with Crippen LogP contribution in [-0.2, 0) is 18.3 Å². The molecule has 34 heavy (non-hydrogen) atoms. The second kappa shape index (κ2) is 12.6. The van der Waals surface area contributed by atoms with Gasteiger partial charge < -0.3 is 14.6 Å². The van der Waals surface area contributed by atoms with Crippen LogP contribution in [0.1, 0.15) is 39.2 Å². The summed E-state index contributed by atoms with van der Waals surface area (Å²) in [4.78, 5) is 2.18. The summed E-state index contributed by atoms with van der Waals surface area (Å²) < 4.78 is 27.3. The molecule has 2 aromatic carbocycles. The normalized spacial score (nSPS) is 12.5. The predicted octanol–water partition coefficient (Wildman–Crippen LogP) is 5.41. The van der Waals surface area contributed by atoms with Gasteiger partial charge in [-0.25, -0.2) is 9.07 Å². The number of aryl methyl sites for hydroxylation is 1. The number of aliphatic hydroxyl groups is 1. The lowest BCUT2D eigenvalue weighted by molar-refractivity contribution is 0.00848. The highest BCUT2D eigenvalue weighted by molar-refractivity contribution is 5.65. The van der Waals surface area contributed by atoms with Crippen molar-refractivity contribution in [2.45, 2.75) is 52.3 Å². The average Bonchev–Trinajstić information content (AvgIpc) is 3.12. The highest BCUT2D eigenvalue weighted by Crippen LogP contribution is 2.34. The zero-order chi connectivity index (χ0) is 24.5. The molecule has 1 heterocycles. The molecule has 1 N–H and O–H groups in total. The Morgan fingerprint density at radius 2 is 1.88 bits per heavy atom. The fraction of sp³-hybridized carbons (Fsp3) is 0.444. The molecule has 3 aromatic rings. The lowest BCUT2D eigenvalue weighted by Gasteiger charge is -2.29. The molecule has 0 aliphatic carbocycles. The van der Waals surface area contributed by atoms with E-state index in [1.807, 2.05) is 37.4 Å². The van der Waals surface area contributed by atoms with Gasteiger partial charge in [0.05, 0.1) is 18.3 Å². The summed E-state index contributed by atoms with van der Waals surface area (Å²) in [5, 5.41) is 15.4. The number of nitrogens with zero attached hydrogens (tertiary/aromatic N) is 3. The smallest absolute Gasteiger partial charge is 0.222 e. The van der Waals surface area contributed by atoms with Gasteiger partial charge in [-0.3, -0.25) is 4.90 Å². The molecule has 3 rings (SSSR count). The summed E-state index contributed by atoms with van der Waals surface area (Å²) >= 11 is 0. The molecule has 0 fully saturated rings. The van der Waals surface area contributed by atoms with Crippen molar-refractivity contribution in [2.24, 2.45) is 7.05 Å². The number of hydrogen-bond donors (Lipinski definition) is 1. The lowest BCUT2D eigenvalue weighted by Crippen LogP contribution is -2.39. The molecule has 0 saturated carbocycles. The van der Waals surface area contributed by atoms with Crippen LogP contribution in [0, 0.1) is 5.82 Å². The first kappa shape index (κ1) is 25.9. The fourth-order valence-electron chi connectivity index (χ4n) is 3.74. The van der Waals surface area contributed by atoms with Crippen LogP contribution in [0.4, 0.5) is 4.39 Å². The maximum Gasteiger partial charge on any atom is 0.222 e. The van der Waals surface area contributed by atoms with Crippen LogP contribution in [0.25, 0.3) is 11.3 Å². The Hall–Kier alpha value is -2.74. The van der Waals surface area contributed by atoms with Crippen molar-refractivity contribution >= 4 is 0 Å². The van der Waals surface area contributed by atoms with Crippen LogP contribution < -0.4 is 4.74 Å². The fourth-order valence-corrected chi connectivity index (χ4v) is 3.74. The molecular formula is C27H36FN3O3. The number of aromatic nitrogens is 2. The largest absolute Gasteiger partial charge is 0.439 e. The third-order valence-electron chi connectivity index (χ3n) is 5.63. The molecule has 0 bridgehead atoms. The average molecular weight is 470 g/mol. The van der Waals surface area contributed by atoms with E-state index in [1.165, 1.54) is 12.1 Å². The second-order valence-electron chi connectivity index (χ2n) is 8.79. The van der Waals surface area contributed by atoms with Crippen molar-refractivity contribution in [3.8, 4) is 22.9 Å². The minimum Gasteiger partial charge on any atom is -0.439 e. The first-order valence-electron chi connectivity index (χ1n) is 11.9. The van der Waals surface area contributed by atoms with Gasteiger partial charge in [-0.05, 0) is 32.4 Å². The number of ether oxygens (including phenoxy) is 2. The van der Waals surface area contributed by atoms with Gasteiger partial charge in [0.15, 0.2) is 0 Å². The minimum atomic E-state index is -0.608. The van der Waals surface area contributed by atoms with Crippen molar-refractivity contribution in [1.82, 2.24) is 14.7 Å². The molecule has 6 nitrogen and oxygen atoms in total. The minimum absolute atomic E-state index is 0.163. The summed E-state index contributed by atoms with van der Waals surface area (Å²) in [5.74, 6) is 0.590. The van der Waals surface area contributed by atoms with Crippen LogP contribution in [0.5, 0.6) is 11.6 Å². The van der Waals surface area contributed by atoms with E-state index in [9.17, 15) is 9.50 Å². The lowest BCUT2D eigenvalue weighted by atomic mass is 10.1. The Morgan fingerprint density at radius 3 is 2.56 bits per heavy atom. The Bertz CT molecular complexity index is 1020. The maximum absolute atomic E-state index is 13.8. The van der Waals surface area contributed by atoms with E-state index in [0.717, 1.165) is 29.7 Å². The van der Waals surface area contributed by atoms with Gasteiger partial charge in [0.1, 0.15) is 17.3 Å². The Kier molecular flexibility index (Phi) is 9.62. The Balaban J connectivity index is 1.89. The molecule has 1 aromatic heterocycles. The van der Waals surface area contributed by atoms with E-state index in [4.69, 9.17) is 14.6 Å². The van der Waals surface area contributed by atoms with Crippen molar-refractivity contribution in [3.63, 3.8) is 0 Å². The van der Waals surface area contributed by atoms with Crippen molar-refractivity contribution in [2.75, 3.05) is 19.8 Å². The number of hydrogen-bond acceptors (Lipinski definition) is 5. The Labute approximate surface area is 201 Å². The van der Waals surface area contributed by atoms with Crippen molar-refractivity contribution in [1.29, 1.82) is 0 Å². The first-order chi connectivity index (χ1) is 16.4. The zero-order valence-electron chi connectivity index (χ0n) is 20.6. The third kappa shape index (κ3) is 7.13. The van der Waals surface area contributed by atoms with E-state index in [1.54, 1.807) is 16.8 Å². The van der Waals surface area contributed by atoms with Crippen LogP contribution >= 0.6 is 0 Å². The van der Waals surface area contributed by atoms with Crippen molar-refractivity contribution < 1.29 is 19.0 Å². The quantitative estimate of drug-likeness (QED) is 0.339. The second-order valence-corrected chi connectivity index (χ2v) is 8.79. The monoisotopic (exact) mass is 469 g/mol. The predicted molar refractivity (Wildman–Crippen MR) is 132 cm³/mol. The van der Waals surface area contributed by atoms with Gasteiger partial charge in [-0.1, -0.05) is 49.7 Å². The van der Waals surface area contributed by atoms with Crippen LogP contribution in [0.15, 0.2) is 54.6 Å². The molecule has 0 amide bonds. The highest BCUT2D eigenvalue weighted by Gasteiger charge is 2.24.